The molecular weight excluding hydrogens is 216 g/mol. The highest BCUT2D eigenvalue weighted by Crippen LogP contribution is 2.38. The molecule has 0 aliphatic rings. The summed E-state index contributed by atoms with van der Waals surface area (Å²) in [5.41, 5.74) is 1.30. The molecule has 0 saturated carbocycles. The van der Waals surface area contributed by atoms with E-state index in [1.54, 1.807) is 18.4 Å². The lowest BCUT2D eigenvalue weighted by Crippen LogP contribution is -1.83. The Morgan fingerprint density at radius 2 is 2.21 bits per heavy atom. The zero-order chi connectivity index (χ0) is 10.1. The maximum atomic E-state index is 6.16. The standard InChI is InChI=1S/C11H11ClOS/c1-3-7-6-14-11-9(13-2)5-4-8(12)10(7)11/h4-6H,3H2,1-2H3. The van der Waals surface area contributed by atoms with E-state index in [2.05, 4.69) is 12.3 Å². The van der Waals surface area contributed by atoms with Crippen LogP contribution in [0.1, 0.15) is 12.5 Å². The van der Waals surface area contributed by atoms with Crippen LogP contribution in [0.2, 0.25) is 5.02 Å². The molecule has 0 atom stereocenters. The van der Waals surface area contributed by atoms with Gasteiger partial charge < -0.3 is 4.74 Å². The first-order valence-corrected chi connectivity index (χ1v) is 5.76. The zero-order valence-electron chi connectivity index (χ0n) is 8.13. The first-order valence-electron chi connectivity index (χ1n) is 4.50. The van der Waals surface area contributed by atoms with Crippen molar-refractivity contribution in [3.8, 4) is 5.75 Å². The van der Waals surface area contributed by atoms with Crippen LogP contribution in [-0.4, -0.2) is 7.11 Å². The number of fused-ring (bicyclic) bond motifs is 1. The Hall–Kier alpha value is -0.730. The first-order chi connectivity index (χ1) is 6.77. The fraction of sp³-hybridized carbons (Fsp3) is 0.273. The second-order valence-electron chi connectivity index (χ2n) is 3.07. The summed E-state index contributed by atoms with van der Waals surface area (Å²) in [6.45, 7) is 2.14. The van der Waals surface area contributed by atoms with Crippen molar-refractivity contribution in [3.05, 3.63) is 28.1 Å². The third kappa shape index (κ3) is 1.39. The van der Waals surface area contributed by atoms with Crippen LogP contribution in [0, 0.1) is 0 Å². The summed E-state index contributed by atoms with van der Waals surface area (Å²) in [7, 11) is 1.69. The van der Waals surface area contributed by atoms with Crippen LogP contribution in [0.4, 0.5) is 0 Å². The van der Waals surface area contributed by atoms with Gasteiger partial charge in [0.15, 0.2) is 0 Å². The number of aryl methyl sites for hydroxylation is 1. The molecule has 2 rings (SSSR count). The van der Waals surface area contributed by atoms with Crippen LogP contribution < -0.4 is 4.74 Å². The number of methoxy groups -OCH3 is 1. The predicted molar refractivity (Wildman–Crippen MR) is 62.8 cm³/mol. The van der Waals surface area contributed by atoms with Crippen molar-refractivity contribution in [2.75, 3.05) is 7.11 Å². The minimum atomic E-state index is 0.818. The quantitative estimate of drug-likeness (QED) is 0.749. The van der Waals surface area contributed by atoms with E-state index in [0.717, 1.165) is 27.3 Å². The average molecular weight is 227 g/mol. The van der Waals surface area contributed by atoms with Gasteiger partial charge in [-0.15, -0.1) is 11.3 Å². The molecule has 1 aromatic carbocycles. The molecule has 0 radical (unpaired) electrons. The van der Waals surface area contributed by atoms with Crippen LogP contribution in [0.3, 0.4) is 0 Å². The van der Waals surface area contributed by atoms with Crippen molar-refractivity contribution in [2.24, 2.45) is 0 Å². The predicted octanol–water partition coefficient (Wildman–Crippen LogP) is 4.13. The Balaban J connectivity index is 2.80. The highest BCUT2D eigenvalue weighted by atomic mass is 35.5. The van der Waals surface area contributed by atoms with E-state index in [-0.39, 0.29) is 0 Å². The number of rotatable bonds is 2. The molecule has 0 N–H and O–H groups in total. The van der Waals surface area contributed by atoms with Gasteiger partial charge in [0.2, 0.25) is 0 Å². The first kappa shape index (κ1) is 9.81. The second kappa shape index (κ2) is 3.79. The summed E-state index contributed by atoms with van der Waals surface area (Å²) in [6.07, 6.45) is 1.01. The second-order valence-corrected chi connectivity index (χ2v) is 4.36. The van der Waals surface area contributed by atoms with E-state index in [9.17, 15) is 0 Å². The van der Waals surface area contributed by atoms with Crippen molar-refractivity contribution >= 4 is 33.0 Å². The summed E-state index contributed by atoms with van der Waals surface area (Å²) in [4.78, 5) is 0. The van der Waals surface area contributed by atoms with E-state index in [4.69, 9.17) is 16.3 Å². The molecule has 0 aliphatic carbocycles. The highest BCUT2D eigenvalue weighted by molar-refractivity contribution is 7.17. The van der Waals surface area contributed by atoms with Crippen LogP contribution >= 0.6 is 22.9 Å². The third-order valence-corrected chi connectivity index (χ3v) is 3.67. The lowest BCUT2D eigenvalue weighted by atomic mass is 10.1. The summed E-state index contributed by atoms with van der Waals surface area (Å²) >= 11 is 7.86. The lowest BCUT2D eigenvalue weighted by Gasteiger charge is -2.03. The zero-order valence-corrected chi connectivity index (χ0v) is 9.71. The molecule has 1 nitrogen and oxygen atoms in total. The summed E-state index contributed by atoms with van der Waals surface area (Å²) in [6, 6.07) is 3.81. The van der Waals surface area contributed by atoms with E-state index in [1.807, 2.05) is 12.1 Å². The summed E-state index contributed by atoms with van der Waals surface area (Å²) < 4.78 is 6.44. The number of halogens is 1. The number of thiophene rings is 1. The number of ether oxygens (including phenoxy) is 1. The molecule has 0 bridgehead atoms. The smallest absolute Gasteiger partial charge is 0.136 e. The van der Waals surface area contributed by atoms with Gasteiger partial charge in [0.1, 0.15) is 5.75 Å². The van der Waals surface area contributed by atoms with Crippen LogP contribution in [0.5, 0.6) is 5.75 Å². The fourth-order valence-electron chi connectivity index (χ4n) is 1.57. The van der Waals surface area contributed by atoms with Crippen LogP contribution in [0.15, 0.2) is 17.5 Å². The molecule has 1 aromatic heterocycles. The topological polar surface area (TPSA) is 9.23 Å². The molecular formula is C11H11ClOS. The SMILES string of the molecule is CCc1csc2c(OC)ccc(Cl)c12. The van der Waals surface area contributed by atoms with Crippen LogP contribution in [0.25, 0.3) is 10.1 Å². The Kier molecular flexibility index (Phi) is 2.66. The highest BCUT2D eigenvalue weighted by Gasteiger charge is 2.10. The van der Waals surface area contributed by atoms with Crippen molar-refractivity contribution in [1.82, 2.24) is 0 Å². The van der Waals surface area contributed by atoms with Crippen LogP contribution in [-0.2, 0) is 6.42 Å². The summed E-state index contributed by atoms with van der Waals surface area (Å²) in [5, 5.41) is 4.12. The Labute approximate surface area is 92.3 Å². The fourth-order valence-corrected chi connectivity index (χ4v) is 3.07. The minimum absolute atomic E-state index is 0.818. The molecule has 74 valence electrons. The summed E-state index contributed by atoms with van der Waals surface area (Å²) in [5.74, 6) is 0.911. The van der Waals surface area contributed by atoms with Crippen molar-refractivity contribution < 1.29 is 4.74 Å². The molecule has 14 heavy (non-hydrogen) atoms. The maximum absolute atomic E-state index is 6.16. The van der Waals surface area contributed by atoms with Gasteiger partial charge in [0.05, 0.1) is 11.8 Å². The maximum Gasteiger partial charge on any atom is 0.136 e. The average Bonchev–Trinajstić information content (AvgIpc) is 2.63. The molecule has 0 saturated heterocycles. The molecule has 1 heterocycles. The van der Waals surface area contributed by atoms with Gasteiger partial charge in [-0.1, -0.05) is 18.5 Å². The van der Waals surface area contributed by atoms with E-state index < -0.39 is 0 Å². The molecule has 0 amide bonds. The molecule has 2 aromatic rings. The Morgan fingerprint density at radius 1 is 1.43 bits per heavy atom. The largest absolute Gasteiger partial charge is 0.495 e. The Morgan fingerprint density at radius 3 is 2.86 bits per heavy atom. The molecule has 0 spiro atoms. The molecule has 3 heteroatoms. The number of benzene rings is 1. The third-order valence-electron chi connectivity index (χ3n) is 2.31. The Bertz CT molecular complexity index is 462. The van der Waals surface area contributed by atoms with Gasteiger partial charge in [0, 0.05) is 10.4 Å². The number of hydrogen-bond acceptors (Lipinski definition) is 2. The molecule has 0 unspecified atom stereocenters. The van der Waals surface area contributed by atoms with Gasteiger partial charge in [-0.25, -0.2) is 0 Å². The van der Waals surface area contributed by atoms with Crippen molar-refractivity contribution in [3.63, 3.8) is 0 Å². The van der Waals surface area contributed by atoms with Gasteiger partial charge in [-0.3, -0.25) is 0 Å². The van der Waals surface area contributed by atoms with Gasteiger partial charge in [-0.2, -0.15) is 0 Å². The van der Waals surface area contributed by atoms with E-state index in [0.29, 0.717) is 0 Å². The van der Waals surface area contributed by atoms with Crippen molar-refractivity contribution in [2.45, 2.75) is 13.3 Å². The van der Waals surface area contributed by atoms with Gasteiger partial charge >= 0.3 is 0 Å². The molecule has 0 fully saturated rings. The normalized spacial score (nSPS) is 10.8. The monoisotopic (exact) mass is 226 g/mol. The lowest BCUT2D eigenvalue weighted by molar-refractivity contribution is 0.420. The van der Waals surface area contributed by atoms with E-state index >= 15 is 0 Å². The minimum Gasteiger partial charge on any atom is -0.495 e. The van der Waals surface area contributed by atoms with Gasteiger partial charge in [-0.05, 0) is 29.5 Å². The molecule has 0 aliphatic heterocycles. The van der Waals surface area contributed by atoms with Crippen molar-refractivity contribution in [1.29, 1.82) is 0 Å². The van der Waals surface area contributed by atoms with E-state index in [1.165, 1.54) is 5.56 Å². The van der Waals surface area contributed by atoms with Gasteiger partial charge in [0.25, 0.3) is 0 Å². The number of hydrogen-bond donors (Lipinski definition) is 0.